The lowest BCUT2D eigenvalue weighted by molar-refractivity contribution is -0.161. The normalized spacial score (nSPS) is 14.5. The number of allylic oxidation sites excluding steroid dienone is 18. The van der Waals surface area contributed by atoms with Gasteiger partial charge in [0, 0.05) is 25.7 Å². The minimum Gasteiger partial charge on any atom is -0.462 e. The minimum atomic E-state index is -5.00. The molecule has 5 atom stereocenters. The molecule has 0 aromatic rings. The Balaban J connectivity index is 5.44. The Kier molecular flexibility index (Phi) is 71.8. The molecule has 3 N–H and O–H groups in total. The molecule has 0 saturated heterocycles. The standard InChI is InChI=1S/C83H144O17P2/c1-5-9-13-17-21-25-29-33-37-38-42-46-50-54-58-62-66-70-83(88)100-79(74-94-81(86)68-64-60-56-52-48-44-40-35-31-27-23-19-15-11-7-3)76-98-102(91,92)96-72-77(84)71-95-101(89,90)97-75-78(99-82(87)69-65-61-57-53-49-45-41-36-32-28-24-20-16-12-8-4)73-93-80(85)67-63-59-55-51-47-43-39-34-30-26-22-18-14-10-6-2/h21,25-26,28,30,32-37,39-42,46,54,58,77-79,84H,5-20,22-24,27,29,31,38,43-45,47-53,55-57,59-76H2,1-4H3,(H,89,90)(H,91,92)/b25-21-,30-26-,32-28-,37-33-,39-34-,40-35-,41-36-,46-42-,58-54-/t77-,78+,79+/m0/s1. The quantitative estimate of drug-likeness (QED) is 0.0128. The van der Waals surface area contributed by atoms with E-state index in [0.717, 1.165) is 141 Å². The minimum absolute atomic E-state index is 0.0164. The Hall–Kier alpha value is -4.28. The van der Waals surface area contributed by atoms with Crippen LogP contribution < -0.4 is 0 Å². The van der Waals surface area contributed by atoms with Gasteiger partial charge in [0.25, 0.3) is 0 Å². The fourth-order valence-corrected chi connectivity index (χ4v) is 12.1. The van der Waals surface area contributed by atoms with Gasteiger partial charge in [0.15, 0.2) is 12.2 Å². The number of phosphoric ester groups is 2. The molecule has 0 heterocycles. The maximum Gasteiger partial charge on any atom is 0.472 e. The summed E-state index contributed by atoms with van der Waals surface area (Å²) in [6, 6.07) is 0. The smallest absolute Gasteiger partial charge is 0.462 e. The van der Waals surface area contributed by atoms with E-state index in [1.165, 1.54) is 109 Å². The van der Waals surface area contributed by atoms with Gasteiger partial charge in [-0.1, -0.05) is 278 Å². The van der Waals surface area contributed by atoms with E-state index in [0.29, 0.717) is 32.1 Å². The van der Waals surface area contributed by atoms with E-state index in [4.69, 9.17) is 37.0 Å². The zero-order valence-electron chi connectivity index (χ0n) is 64.3. The van der Waals surface area contributed by atoms with E-state index < -0.39 is 97.5 Å². The Bertz CT molecular complexity index is 2360. The average Bonchev–Trinajstić information content (AvgIpc) is 0.917. The molecule has 0 amide bonds. The fourth-order valence-electron chi connectivity index (χ4n) is 10.5. The highest BCUT2D eigenvalue weighted by Gasteiger charge is 2.30. The fraction of sp³-hybridized carbons (Fsp3) is 0.735. The molecular weight excluding hydrogens is 1330 g/mol. The molecule has 0 spiro atoms. The maximum atomic E-state index is 13.1. The van der Waals surface area contributed by atoms with Gasteiger partial charge in [0.05, 0.1) is 26.4 Å². The van der Waals surface area contributed by atoms with Crippen LogP contribution >= 0.6 is 15.6 Å². The topological polar surface area (TPSA) is 237 Å². The predicted octanol–water partition coefficient (Wildman–Crippen LogP) is 23.3. The van der Waals surface area contributed by atoms with Gasteiger partial charge in [-0.15, -0.1) is 0 Å². The molecular formula is C83H144O17P2. The van der Waals surface area contributed by atoms with E-state index in [2.05, 4.69) is 125 Å². The molecule has 0 aromatic carbocycles. The van der Waals surface area contributed by atoms with Gasteiger partial charge in [0.1, 0.15) is 19.3 Å². The number of unbranched alkanes of at least 4 members (excludes halogenated alkanes) is 33. The molecule has 19 heteroatoms. The van der Waals surface area contributed by atoms with E-state index in [9.17, 15) is 43.2 Å². The first kappa shape index (κ1) is 97.7. The van der Waals surface area contributed by atoms with Crippen LogP contribution in [0.4, 0.5) is 0 Å². The molecule has 102 heavy (non-hydrogen) atoms. The van der Waals surface area contributed by atoms with Crippen LogP contribution in [0.1, 0.15) is 336 Å². The number of carbonyl (C=O) groups excluding carboxylic acids is 4. The van der Waals surface area contributed by atoms with Gasteiger partial charge in [-0.05, 0) is 141 Å². The molecule has 0 aliphatic rings. The zero-order valence-corrected chi connectivity index (χ0v) is 66.0. The van der Waals surface area contributed by atoms with Crippen LogP contribution in [0.2, 0.25) is 0 Å². The van der Waals surface area contributed by atoms with Gasteiger partial charge >= 0.3 is 39.5 Å². The van der Waals surface area contributed by atoms with Crippen LogP contribution in [-0.4, -0.2) is 96.7 Å². The lowest BCUT2D eigenvalue weighted by Crippen LogP contribution is -2.30. The zero-order chi connectivity index (χ0) is 74.6. The van der Waals surface area contributed by atoms with Crippen molar-refractivity contribution in [2.75, 3.05) is 39.6 Å². The second kappa shape index (κ2) is 75.0. The van der Waals surface area contributed by atoms with Crippen molar-refractivity contribution in [3.63, 3.8) is 0 Å². The van der Waals surface area contributed by atoms with E-state index >= 15 is 0 Å². The first-order chi connectivity index (χ1) is 49.7. The number of ether oxygens (including phenoxy) is 4. The summed E-state index contributed by atoms with van der Waals surface area (Å²) in [5.41, 5.74) is 0. The van der Waals surface area contributed by atoms with Gasteiger partial charge in [-0.3, -0.25) is 37.3 Å². The molecule has 17 nitrogen and oxygen atoms in total. The van der Waals surface area contributed by atoms with E-state index in [-0.39, 0.29) is 25.7 Å². The third kappa shape index (κ3) is 74.0. The highest BCUT2D eigenvalue weighted by molar-refractivity contribution is 7.47. The van der Waals surface area contributed by atoms with E-state index in [1.54, 1.807) is 0 Å². The number of aliphatic hydroxyl groups is 1. The van der Waals surface area contributed by atoms with Crippen molar-refractivity contribution >= 4 is 39.5 Å². The molecule has 588 valence electrons. The number of rotatable bonds is 75. The van der Waals surface area contributed by atoms with Crippen molar-refractivity contribution in [2.24, 2.45) is 0 Å². The summed E-state index contributed by atoms with van der Waals surface area (Å²) in [6.45, 7) is 4.72. The Morgan fingerprint density at radius 3 is 0.873 bits per heavy atom. The molecule has 0 bridgehead atoms. The molecule has 0 fully saturated rings. The van der Waals surface area contributed by atoms with Crippen molar-refractivity contribution in [2.45, 2.75) is 354 Å². The molecule has 0 aliphatic carbocycles. The molecule has 0 aromatic heterocycles. The van der Waals surface area contributed by atoms with Crippen molar-refractivity contribution in [3.8, 4) is 0 Å². The van der Waals surface area contributed by atoms with Crippen LogP contribution in [0.3, 0.4) is 0 Å². The monoisotopic (exact) mass is 1470 g/mol. The molecule has 0 radical (unpaired) electrons. The summed E-state index contributed by atoms with van der Waals surface area (Å²) in [5, 5.41) is 10.6. The van der Waals surface area contributed by atoms with Crippen molar-refractivity contribution in [3.05, 3.63) is 109 Å². The largest absolute Gasteiger partial charge is 0.472 e. The van der Waals surface area contributed by atoms with Gasteiger partial charge < -0.3 is 33.8 Å². The molecule has 0 saturated carbocycles. The summed E-state index contributed by atoms with van der Waals surface area (Å²) in [5.74, 6) is -2.27. The summed E-state index contributed by atoms with van der Waals surface area (Å²) in [4.78, 5) is 73.0. The van der Waals surface area contributed by atoms with Crippen LogP contribution in [0.25, 0.3) is 0 Å². The summed E-state index contributed by atoms with van der Waals surface area (Å²) in [7, 11) is -9.98. The first-order valence-electron chi connectivity index (χ1n) is 40.2. The van der Waals surface area contributed by atoms with Gasteiger partial charge in [-0.2, -0.15) is 0 Å². The second-order valence-corrected chi connectivity index (χ2v) is 29.6. The van der Waals surface area contributed by atoms with Crippen molar-refractivity contribution in [1.82, 2.24) is 0 Å². The summed E-state index contributed by atoms with van der Waals surface area (Å²) < 4.78 is 68.5. The number of hydrogen-bond acceptors (Lipinski definition) is 15. The lowest BCUT2D eigenvalue weighted by atomic mass is 10.1. The van der Waals surface area contributed by atoms with Gasteiger partial charge in [-0.25, -0.2) is 9.13 Å². The van der Waals surface area contributed by atoms with Crippen LogP contribution in [0.5, 0.6) is 0 Å². The predicted molar refractivity (Wildman–Crippen MR) is 418 cm³/mol. The highest BCUT2D eigenvalue weighted by atomic mass is 31.2. The summed E-state index contributed by atoms with van der Waals surface area (Å²) >= 11 is 0. The number of aliphatic hydroxyl groups excluding tert-OH is 1. The number of phosphoric acid groups is 2. The maximum absolute atomic E-state index is 13.1. The Labute approximate surface area is 619 Å². The molecule has 0 aliphatic heterocycles. The van der Waals surface area contributed by atoms with Crippen LogP contribution in [0.15, 0.2) is 109 Å². The average molecular weight is 1480 g/mol. The number of esters is 4. The Morgan fingerprint density at radius 2 is 0.520 bits per heavy atom. The third-order valence-corrected chi connectivity index (χ3v) is 18.6. The van der Waals surface area contributed by atoms with Crippen molar-refractivity contribution < 1.29 is 80.2 Å². The van der Waals surface area contributed by atoms with Crippen LogP contribution in [-0.2, 0) is 65.4 Å². The molecule has 0 rings (SSSR count). The first-order valence-corrected chi connectivity index (χ1v) is 43.2. The lowest BCUT2D eigenvalue weighted by Gasteiger charge is -2.21. The summed E-state index contributed by atoms with van der Waals surface area (Å²) in [6.07, 6.45) is 80.7. The Morgan fingerprint density at radius 1 is 0.284 bits per heavy atom. The van der Waals surface area contributed by atoms with Gasteiger partial charge in [0.2, 0.25) is 0 Å². The third-order valence-electron chi connectivity index (χ3n) is 16.7. The molecule has 2 unspecified atom stereocenters. The number of carbonyl (C=O) groups is 4. The van der Waals surface area contributed by atoms with Crippen molar-refractivity contribution in [1.29, 1.82) is 0 Å². The van der Waals surface area contributed by atoms with Crippen LogP contribution in [0, 0.1) is 0 Å². The second-order valence-electron chi connectivity index (χ2n) is 26.7. The highest BCUT2D eigenvalue weighted by Crippen LogP contribution is 2.45. The number of hydrogen-bond donors (Lipinski definition) is 3. The van der Waals surface area contributed by atoms with E-state index in [1.807, 2.05) is 12.2 Å². The SMILES string of the molecule is CCCCC/C=C\C/C=C\C/C=C\C/C=C\CCCC(=O)O[C@H](COC(=O)CCCCCCC/C=C\CCCCCCCC)COP(=O)(O)OC[C@@H](O)COP(=O)(O)OC[C@@H](COC(=O)CCCCCCC/C=C\C=C/CCCCCC)OC(=O)CCCCCCC/C=C\C=C/CCCCCC.